The van der Waals surface area contributed by atoms with Crippen LogP contribution in [0.15, 0.2) is 53.4 Å². The number of amides is 1. The molecule has 3 rings (SSSR count). The summed E-state index contributed by atoms with van der Waals surface area (Å²) in [4.78, 5) is 24.9. The van der Waals surface area contributed by atoms with Crippen LogP contribution < -0.4 is 10.1 Å². The molecule has 1 saturated heterocycles. The van der Waals surface area contributed by atoms with Crippen LogP contribution in [-0.4, -0.2) is 50.9 Å². The van der Waals surface area contributed by atoms with Gasteiger partial charge in [0.05, 0.1) is 23.3 Å². The molecule has 160 valence electrons. The first kappa shape index (κ1) is 21.8. The van der Waals surface area contributed by atoms with Crippen molar-refractivity contribution in [2.75, 3.05) is 25.5 Å². The van der Waals surface area contributed by atoms with Crippen molar-refractivity contribution in [1.82, 2.24) is 4.31 Å². The van der Waals surface area contributed by atoms with Crippen molar-refractivity contribution in [2.24, 2.45) is 0 Å². The van der Waals surface area contributed by atoms with E-state index in [0.717, 1.165) is 12.8 Å². The molecule has 1 heterocycles. The molecule has 0 aromatic heterocycles. The third kappa shape index (κ3) is 4.80. The molecule has 0 radical (unpaired) electrons. The van der Waals surface area contributed by atoms with Gasteiger partial charge in [-0.25, -0.2) is 13.2 Å². The first-order valence-electron chi connectivity index (χ1n) is 9.58. The fourth-order valence-corrected chi connectivity index (χ4v) is 4.69. The maximum atomic E-state index is 12.7. The van der Waals surface area contributed by atoms with Crippen molar-refractivity contribution >= 4 is 27.6 Å². The molecule has 0 spiro atoms. The van der Waals surface area contributed by atoms with Gasteiger partial charge in [-0.1, -0.05) is 18.2 Å². The molecular formula is C21H24N2O6S. The monoisotopic (exact) mass is 432 g/mol. The van der Waals surface area contributed by atoms with Gasteiger partial charge in [0.2, 0.25) is 10.0 Å². The second-order valence-corrected chi connectivity index (χ2v) is 8.81. The van der Waals surface area contributed by atoms with Crippen molar-refractivity contribution in [3.63, 3.8) is 0 Å². The lowest BCUT2D eigenvalue weighted by Gasteiger charge is -2.17. The number of carbonyl (C=O) groups excluding carboxylic acids is 2. The number of anilines is 1. The molecule has 30 heavy (non-hydrogen) atoms. The summed E-state index contributed by atoms with van der Waals surface area (Å²) in [5.41, 5.74) is 0.513. The summed E-state index contributed by atoms with van der Waals surface area (Å²) in [6, 6.07) is 12.5. The van der Waals surface area contributed by atoms with Gasteiger partial charge in [0.1, 0.15) is 5.75 Å². The second kappa shape index (κ2) is 9.27. The van der Waals surface area contributed by atoms with E-state index in [-0.39, 0.29) is 10.5 Å². The summed E-state index contributed by atoms with van der Waals surface area (Å²) in [5.74, 6) is -0.839. The highest BCUT2D eigenvalue weighted by molar-refractivity contribution is 7.89. The van der Waals surface area contributed by atoms with Crippen LogP contribution in [0, 0.1) is 0 Å². The zero-order valence-corrected chi connectivity index (χ0v) is 17.6. The number of hydrogen-bond donors (Lipinski definition) is 1. The van der Waals surface area contributed by atoms with E-state index in [1.807, 2.05) is 0 Å². The lowest BCUT2D eigenvalue weighted by molar-refractivity contribution is -0.123. The molecule has 1 amide bonds. The predicted octanol–water partition coefficient (Wildman–Crippen LogP) is 2.66. The maximum absolute atomic E-state index is 12.7. The van der Waals surface area contributed by atoms with Gasteiger partial charge in [0.15, 0.2) is 6.10 Å². The third-order valence-electron chi connectivity index (χ3n) is 4.79. The second-order valence-electron chi connectivity index (χ2n) is 6.88. The Morgan fingerprint density at radius 3 is 2.47 bits per heavy atom. The topological polar surface area (TPSA) is 102 Å². The van der Waals surface area contributed by atoms with Crippen LogP contribution in [0.25, 0.3) is 0 Å². The summed E-state index contributed by atoms with van der Waals surface area (Å²) in [6.07, 6.45) is 0.542. The van der Waals surface area contributed by atoms with Gasteiger partial charge in [-0.2, -0.15) is 4.31 Å². The van der Waals surface area contributed by atoms with Gasteiger partial charge < -0.3 is 14.8 Å². The highest BCUT2D eigenvalue weighted by atomic mass is 32.2. The summed E-state index contributed by atoms with van der Waals surface area (Å²) in [7, 11) is -2.17. The number of benzene rings is 2. The largest absolute Gasteiger partial charge is 0.495 e. The number of carbonyl (C=O) groups is 2. The van der Waals surface area contributed by atoms with Gasteiger partial charge in [-0.05, 0) is 50.1 Å². The molecule has 1 aliphatic rings. The zero-order valence-electron chi connectivity index (χ0n) is 16.8. The minimum Gasteiger partial charge on any atom is -0.495 e. The van der Waals surface area contributed by atoms with Gasteiger partial charge in [0.25, 0.3) is 5.91 Å². The van der Waals surface area contributed by atoms with E-state index in [4.69, 9.17) is 9.47 Å². The number of hydrogen-bond acceptors (Lipinski definition) is 6. The van der Waals surface area contributed by atoms with Crippen molar-refractivity contribution in [2.45, 2.75) is 30.8 Å². The number of sulfonamides is 1. The van der Waals surface area contributed by atoms with E-state index in [9.17, 15) is 18.0 Å². The molecule has 0 bridgehead atoms. The van der Waals surface area contributed by atoms with Gasteiger partial charge in [-0.15, -0.1) is 0 Å². The average molecular weight is 432 g/mol. The van der Waals surface area contributed by atoms with E-state index in [2.05, 4.69) is 5.32 Å². The molecule has 1 N–H and O–H groups in total. The van der Waals surface area contributed by atoms with Gasteiger partial charge in [-0.3, -0.25) is 4.79 Å². The molecule has 2 aromatic carbocycles. The smallest absolute Gasteiger partial charge is 0.338 e. The molecule has 0 unspecified atom stereocenters. The normalized spacial score (nSPS) is 15.4. The molecule has 1 fully saturated rings. The Balaban J connectivity index is 1.69. The van der Waals surface area contributed by atoms with Crippen molar-refractivity contribution in [3.05, 3.63) is 54.1 Å². The Labute approximate surface area is 175 Å². The quantitative estimate of drug-likeness (QED) is 0.675. The summed E-state index contributed by atoms with van der Waals surface area (Å²) in [6.45, 7) is 2.38. The minimum atomic E-state index is -3.66. The molecular weight excluding hydrogens is 408 g/mol. The fourth-order valence-electron chi connectivity index (χ4n) is 3.13. The standard InChI is InChI=1S/C21H24N2O6S/c1-15(20(24)22-18-10-3-4-11-19(18)28-2)29-21(25)16-8-7-9-17(14-16)30(26,27)23-12-5-6-13-23/h3-4,7-11,14-15H,5-6,12-13H2,1-2H3,(H,22,24)/t15-/m0/s1. The van der Waals surface area contributed by atoms with Gasteiger partial charge >= 0.3 is 5.97 Å². The maximum Gasteiger partial charge on any atom is 0.338 e. The molecule has 2 aromatic rings. The number of ether oxygens (including phenoxy) is 2. The van der Waals surface area contributed by atoms with Crippen LogP contribution in [0.1, 0.15) is 30.1 Å². The third-order valence-corrected chi connectivity index (χ3v) is 6.69. The first-order valence-corrected chi connectivity index (χ1v) is 11.0. The summed E-state index contributed by atoms with van der Waals surface area (Å²) >= 11 is 0. The molecule has 8 nitrogen and oxygen atoms in total. The SMILES string of the molecule is COc1ccccc1NC(=O)[C@H](C)OC(=O)c1cccc(S(=O)(=O)N2CCCC2)c1. The summed E-state index contributed by atoms with van der Waals surface area (Å²) in [5, 5.41) is 2.65. The molecule has 1 aliphatic heterocycles. The van der Waals surface area contributed by atoms with E-state index in [0.29, 0.717) is 24.5 Å². The van der Waals surface area contributed by atoms with Crippen LogP contribution in [0.2, 0.25) is 0 Å². The van der Waals surface area contributed by atoms with Crippen LogP contribution in [-0.2, 0) is 19.6 Å². The van der Waals surface area contributed by atoms with E-state index >= 15 is 0 Å². The number of nitrogens with zero attached hydrogens (tertiary/aromatic N) is 1. The Morgan fingerprint density at radius 1 is 1.07 bits per heavy atom. The number of para-hydroxylation sites is 2. The fraction of sp³-hybridized carbons (Fsp3) is 0.333. The van der Waals surface area contributed by atoms with Gasteiger partial charge in [0, 0.05) is 13.1 Å². The molecule has 9 heteroatoms. The predicted molar refractivity (Wildman–Crippen MR) is 111 cm³/mol. The van der Waals surface area contributed by atoms with Crippen LogP contribution >= 0.6 is 0 Å². The lowest BCUT2D eigenvalue weighted by atomic mass is 10.2. The van der Waals surface area contributed by atoms with E-state index in [1.165, 1.54) is 42.6 Å². The van der Waals surface area contributed by atoms with Crippen LogP contribution in [0.3, 0.4) is 0 Å². The number of rotatable bonds is 7. The molecule has 1 atom stereocenters. The first-order chi connectivity index (χ1) is 14.3. The number of esters is 1. The lowest BCUT2D eigenvalue weighted by Crippen LogP contribution is -2.30. The Kier molecular flexibility index (Phi) is 6.73. The molecule has 0 saturated carbocycles. The highest BCUT2D eigenvalue weighted by Gasteiger charge is 2.28. The van der Waals surface area contributed by atoms with Crippen molar-refractivity contribution < 1.29 is 27.5 Å². The van der Waals surface area contributed by atoms with Crippen LogP contribution in [0.5, 0.6) is 5.75 Å². The molecule has 0 aliphatic carbocycles. The highest BCUT2D eigenvalue weighted by Crippen LogP contribution is 2.24. The Hall–Kier alpha value is -2.91. The minimum absolute atomic E-state index is 0.0324. The number of nitrogens with one attached hydrogen (secondary N) is 1. The number of methoxy groups -OCH3 is 1. The summed E-state index contributed by atoms with van der Waals surface area (Å²) < 4.78 is 37.2. The van der Waals surface area contributed by atoms with Crippen LogP contribution in [0.4, 0.5) is 5.69 Å². The van der Waals surface area contributed by atoms with E-state index < -0.39 is 28.0 Å². The van der Waals surface area contributed by atoms with Crippen molar-refractivity contribution in [3.8, 4) is 5.75 Å². The van der Waals surface area contributed by atoms with E-state index in [1.54, 1.807) is 24.3 Å². The average Bonchev–Trinajstić information content (AvgIpc) is 3.30. The van der Waals surface area contributed by atoms with Crippen molar-refractivity contribution in [1.29, 1.82) is 0 Å². The Bertz CT molecular complexity index is 1030. The Morgan fingerprint density at radius 2 is 1.77 bits per heavy atom. The zero-order chi connectivity index (χ0) is 21.7.